The van der Waals surface area contributed by atoms with E-state index in [9.17, 15) is 4.79 Å². The van der Waals surface area contributed by atoms with Gasteiger partial charge in [0.15, 0.2) is 0 Å². The third-order valence-corrected chi connectivity index (χ3v) is 3.01. The van der Waals surface area contributed by atoms with E-state index in [1.165, 1.54) is 16.7 Å². The molecule has 0 saturated heterocycles. The highest BCUT2D eigenvalue weighted by molar-refractivity contribution is 5.67. The molecule has 0 saturated carbocycles. The van der Waals surface area contributed by atoms with Crippen molar-refractivity contribution >= 4 is 5.97 Å². The van der Waals surface area contributed by atoms with E-state index >= 15 is 0 Å². The first kappa shape index (κ1) is 14.7. The monoisotopic (exact) mass is 250 g/mol. The molecule has 0 amide bonds. The van der Waals surface area contributed by atoms with Crippen LogP contribution in [0.2, 0.25) is 0 Å². The maximum absolute atomic E-state index is 10.5. The number of nitrogens with two attached hydrogens (primary N) is 1. The Morgan fingerprint density at radius 1 is 1.39 bits per heavy atom. The standard InChI is InChI=1S/C14H22N2O2/c1-10-4-5-12(6-11(10)2)8-16(3)9-13(15)7-14(17)18/h4-6,13H,7-9,15H2,1-3H3,(H,17,18). The molecule has 0 aliphatic carbocycles. The summed E-state index contributed by atoms with van der Waals surface area (Å²) >= 11 is 0. The number of carboxylic acid groups (broad SMARTS) is 1. The van der Waals surface area contributed by atoms with E-state index in [4.69, 9.17) is 10.8 Å². The fourth-order valence-corrected chi connectivity index (χ4v) is 1.97. The van der Waals surface area contributed by atoms with Gasteiger partial charge >= 0.3 is 5.97 Å². The lowest BCUT2D eigenvalue weighted by Crippen LogP contribution is -2.36. The summed E-state index contributed by atoms with van der Waals surface area (Å²) in [6.45, 7) is 5.55. The Kier molecular flexibility index (Phi) is 5.31. The molecule has 1 atom stereocenters. The second-order valence-corrected chi connectivity index (χ2v) is 4.97. The first-order valence-corrected chi connectivity index (χ1v) is 6.10. The quantitative estimate of drug-likeness (QED) is 0.803. The van der Waals surface area contributed by atoms with Crippen molar-refractivity contribution in [2.24, 2.45) is 5.73 Å². The minimum atomic E-state index is -0.845. The number of likely N-dealkylation sites (N-methyl/N-ethyl adjacent to an activating group) is 1. The van der Waals surface area contributed by atoms with E-state index in [1.807, 2.05) is 7.05 Å². The van der Waals surface area contributed by atoms with Gasteiger partial charge in [-0.25, -0.2) is 0 Å². The van der Waals surface area contributed by atoms with E-state index < -0.39 is 5.97 Å². The lowest BCUT2D eigenvalue weighted by Gasteiger charge is -2.20. The summed E-state index contributed by atoms with van der Waals surface area (Å²) < 4.78 is 0. The summed E-state index contributed by atoms with van der Waals surface area (Å²) in [4.78, 5) is 12.6. The number of aliphatic carboxylic acids is 1. The number of carboxylic acids is 1. The molecule has 0 spiro atoms. The SMILES string of the molecule is Cc1ccc(CN(C)CC(N)CC(=O)O)cc1C. The van der Waals surface area contributed by atoms with Gasteiger partial charge in [0.2, 0.25) is 0 Å². The van der Waals surface area contributed by atoms with Crippen molar-refractivity contribution in [3.63, 3.8) is 0 Å². The number of hydrogen-bond acceptors (Lipinski definition) is 3. The van der Waals surface area contributed by atoms with Crippen LogP contribution in [0.1, 0.15) is 23.1 Å². The normalized spacial score (nSPS) is 12.7. The Morgan fingerprint density at radius 3 is 2.61 bits per heavy atom. The summed E-state index contributed by atoms with van der Waals surface area (Å²) in [5.41, 5.74) is 9.54. The minimum Gasteiger partial charge on any atom is -0.481 e. The van der Waals surface area contributed by atoms with Crippen LogP contribution in [-0.2, 0) is 11.3 Å². The maximum Gasteiger partial charge on any atom is 0.304 e. The second kappa shape index (κ2) is 6.52. The van der Waals surface area contributed by atoms with Crippen LogP contribution in [-0.4, -0.2) is 35.6 Å². The molecule has 0 aromatic heterocycles. The van der Waals surface area contributed by atoms with Gasteiger partial charge in [-0.05, 0) is 37.6 Å². The van der Waals surface area contributed by atoms with E-state index in [0.717, 1.165) is 6.54 Å². The van der Waals surface area contributed by atoms with E-state index in [-0.39, 0.29) is 12.5 Å². The van der Waals surface area contributed by atoms with E-state index in [1.54, 1.807) is 0 Å². The van der Waals surface area contributed by atoms with Gasteiger partial charge in [0.25, 0.3) is 0 Å². The number of carbonyl (C=O) groups is 1. The zero-order valence-corrected chi connectivity index (χ0v) is 11.3. The van der Waals surface area contributed by atoms with Crippen molar-refractivity contribution in [3.8, 4) is 0 Å². The summed E-state index contributed by atoms with van der Waals surface area (Å²) in [7, 11) is 1.96. The molecular formula is C14H22N2O2. The zero-order valence-electron chi connectivity index (χ0n) is 11.3. The van der Waals surface area contributed by atoms with Gasteiger partial charge < -0.3 is 15.7 Å². The second-order valence-electron chi connectivity index (χ2n) is 4.97. The molecule has 0 fully saturated rings. The lowest BCUT2D eigenvalue weighted by atomic mass is 10.1. The highest BCUT2D eigenvalue weighted by Gasteiger charge is 2.11. The minimum absolute atomic E-state index is 0.0112. The molecule has 1 rings (SSSR count). The smallest absolute Gasteiger partial charge is 0.304 e. The number of aryl methyl sites for hydroxylation is 2. The van der Waals surface area contributed by atoms with Gasteiger partial charge in [0.05, 0.1) is 6.42 Å². The van der Waals surface area contributed by atoms with Crippen molar-refractivity contribution in [1.29, 1.82) is 0 Å². The fourth-order valence-electron chi connectivity index (χ4n) is 1.97. The Bertz CT molecular complexity index is 418. The highest BCUT2D eigenvalue weighted by atomic mass is 16.4. The van der Waals surface area contributed by atoms with Crippen LogP contribution in [0.4, 0.5) is 0 Å². The number of hydrogen-bond donors (Lipinski definition) is 2. The summed E-state index contributed by atoms with van der Waals surface area (Å²) in [6.07, 6.45) is 0.0112. The Balaban J connectivity index is 2.51. The van der Waals surface area contributed by atoms with Gasteiger partial charge in [-0.2, -0.15) is 0 Å². The molecule has 0 aliphatic rings. The molecule has 3 N–H and O–H groups in total. The van der Waals surface area contributed by atoms with Crippen LogP contribution in [0.25, 0.3) is 0 Å². The van der Waals surface area contributed by atoms with Gasteiger partial charge in [-0.15, -0.1) is 0 Å². The van der Waals surface area contributed by atoms with Crippen LogP contribution in [0.3, 0.4) is 0 Å². The van der Waals surface area contributed by atoms with Crippen LogP contribution < -0.4 is 5.73 Å². The zero-order chi connectivity index (χ0) is 13.7. The van der Waals surface area contributed by atoms with Crippen molar-refractivity contribution in [3.05, 3.63) is 34.9 Å². The number of rotatable bonds is 6. The third-order valence-electron chi connectivity index (χ3n) is 3.01. The van der Waals surface area contributed by atoms with Crippen molar-refractivity contribution in [1.82, 2.24) is 4.90 Å². The van der Waals surface area contributed by atoms with Crippen LogP contribution in [0.5, 0.6) is 0 Å². The first-order valence-electron chi connectivity index (χ1n) is 6.10. The van der Waals surface area contributed by atoms with Gasteiger partial charge in [0, 0.05) is 19.1 Å². The summed E-state index contributed by atoms with van der Waals surface area (Å²) in [5.74, 6) is -0.845. The van der Waals surface area contributed by atoms with Crippen molar-refractivity contribution in [2.75, 3.05) is 13.6 Å². The molecule has 18 heavy (non-hydrogen) atoms. The molecule has 100 valence electrons. The van der Waals surface area contributed by atoms with Crippen molar-refractivity contribution < 1.29 is 9.90 Å². The first-order chi connectivity index (χ1) is 8.38. The Hall–Kier alpha value is -1.39. The number of nitrogens with zero attached hydrogens (tertiary/aromatic N) is 1. The van der Waals surface area contributed by atoms with Gasteiger partial charge in [0.1, 0.15) is 0 Å². The van der Waals surface area contributed by atoms with Crippen molar-refractivity contribution in [2.45, 2.75) is 32.9 Å². The fraction of sp³-hybridized carbons (Fsp3) is 0.500. The molecule has 0 aliphatic heterocycles. The molecule has 0 bridgehead atoms. The van der Waals surface area contributed by atoms with Gasteiger partial charge in [-0.3, -0.25) is 4.79 Å². The van der Waals surface area contributed by atoms with Gasteiger partial charge in [-0.1, -0.05) is 18.2 Å². The average Bonchev–Trinajstić information content (AvgIpc) is 2.21. The lowest BCUT2D eigenvalue weighted by molar-refractivity contribution is -0.137. The maximum atomic E-state index is 10.5. The molecule has 1 unspecified atom stereocenters. The Morgan fingerprint density at radius 2 is 2.06 bits per heavy atom. The molecule has 0 heterocycles. The molecular weight excluding hydrogens is 228 g/mol. The predicted molar refractivity (Wildman–Crippen MR) is 72.5 cm³/mol. The molecule has 1 aromatic rings. The molecule has 1 aromatic carbocycles. The molecule has 0 radical (unpaired) electrons. The van der Waals surface area contributed by atoms with Crippen LogP contribution >= 0.6 is 0 Å². The predicted octanol–water partition coefficient (Wildman–Crippen LogP) is 1.54. The van der Waals surface area contributed by atoms with Crippen LogP contribution in [0, 0.1) is 13.8 Å². The highest BCUT2D eigenvalue weighted by Crippen LogP contribution is 2.11. The Labute approximate surface area is 108 Å². The largest absolute Gasteiger partial charge is 0.481 e. The average molecular weight is 250 g/mol. The molecule has 4 nitrogen and oxygen atoms in total. The summed E-state index contributed by atoms with van der Waals surface area (Å²) in [5, 5.41) is 8.65. The van der Waals surface area contributed by atoms with E-state index in [0.29, 0.717) is 6.54 Å². The molecule has 4 heteroatoms. The van der Waals surface area contributed by atoms with E-state index in [2.05, 4.69) is 36.9 Å². The van der Waals surface area contributed by atoms with Crippen LogP contribution in [0.15, 0.2) is 18.2 Å². The summed E-state index contributed by atoms with van der Waals surface area (Å²) in [6, 6.07) is 6.05. The third kappa shape index (κ3) is 4.85. The number of benzene rings is 1. The topological polar surface area (TPSA) is 66.6 Å².